The number of benzene rings is 3. The summed E-state index contributed by atoms with van der Waals surface area (Å²) in [6, 6.07) is 19.9. The van der Waals surface area contributed by atoms with Crippen molar-refractivity contribution in [2.24, 2.45) is 0 Å². The minimum absolute atomic E-state index is 1.18. The molecule has 0 fully saturated rings. The van der Waals surface area contributed by atoms with Crippen LogP contribution in [0, 0.1) is 0 Å². The van der Waals surface area contributed by atoms with Gasteiger partial charge < -0.3 is 4.98 Å². The molecule has 0 saturated heterocycles. The average Bonchev–Trinajstić information content (AvgIpc) is 3.24. The first-order chi connectivity index (χ1) is 13.3. The molecule has 0 spiro atoms. The summed E-state index contributed by atoms with van der Waals surface area (Å²) in [7, 11) is 0. The molecular weight excluding hydrogens is 346 g/mol. The second-order valence-corrected chi connectivity index (χ2v) is 7.80. The van der Waals surface area contributed by atoms with E-state index in [1.807, 2.05) is 23.5 Å². The fourth-order valence-corrected chi connectivity index (χ4v) is 4.96. The summed E-state index contributed by atoms with van der Waals surface area (Å²) in [5.74, 6) is 0. The molecule has 1 N–H and O–H groups in total. The maximum Gasteiger partial charge on any atom is 0.0472 e. The van der Waals surface area contributed by atoms with Crippen LogP contribution in [0.2, 0.25) is 0 Å². The molecule has 5 aromatic rings. The number of thiophene rings is 1. The molecule has 0 radical (unpaired) electrons. The molecule has 0 aliphatic rings. The highest BCUT2D eigenvalue weighted by Gasteiger charge is 2.11. The number of allylic oxidation sites excluding steroid dienone is 5. The maximum atomic E-state index is 3.77. The zero-order valence-corrected chi connectivity index (χ0v) is 15.9. The molecule has 2 heteroatoms. The highest BCUT2D eigenvalue weighted by Crippen LogP contribution is 2.38. The first-order valence-electron chi connectivity index (χ1n) is 9.11. The molecule has 0 amide bonds. The minimum Gasteiger partial charge on any atom is -0.354 e. The van der Waals surface area contributed by atoms with Crippen LogP contribution >= 0.6 is 11.3 Å². The summed E-state index contributed by atoms with van der Waals surface area (Å²) in [6.07, 6.45) is 8.04. The van der Waals surface area contributed by atoms with E-state index in [0.29, 0.717) is 0 Å². The van der Waals surface area contributed by atoms with Crippen LogP contribution in [-0.4, -0.2) is 4.98 Å². The van der Waals surface area contributed by atoms with Crippen LogP contribution in [0.15, 0.2) is 85.5 Å². The highest BCUT2D eigenvalue weighted by atomic mass is 32.1. The lowest BCUT2D eigenvalue weighted by Crippen LogP contribution is -1.80. The lowest BCUT2D eigenvalue weighted by molar-refractivity contribution is 1.54. The van der Waals surface area contributed by atoms with Crippen LogP contribution in [0.5, 0.6) is 0 Å². The molecule has 3 aromatic carbocycles. The predicted octanol–water partition coefficient (Wildman–Crippen LogP) is 7.83. The Labute approximate surface area is 161 Å². The minimum atomic E-state index is 1.18. The number of aromatic nitrogens is 1. The van der Waals surface area contributed by atoms with Crippen molar-refractivity contribution in [1.82, 2.24) is 4.98 Å². The lowest BCUT2D eigenvalue weighted by atomic mass is 10.0. The molecular formula is C25H19NS. The number of hydrogen-bond acceptors (Lipinski definition) is 1. The molecule has 0 aliphatic carbocycles. The number of fused-ring (bicyclic) bond motifs is 6. The number of rotatable bonds is 3. The van der Waals surface area contributed by atoms with Crippen LogP contribution < -0.4 is 0 Å². The fourth-order valence-electron chi connectivity index (χ4n) is 3.83. The molecule has 0 atom stereocenters. The molecule has 1 nitrogen and oxygen atoms in total. The quantitative estimate of drug-likeness (QED) is 0.313. The van der Waals surface area contributed by atoms with E-state index in [4.69, 9.17) is 0 Å². The van der Waals surface area contributed by atoms with Crippen LogP contribution in [-0.2, 0) is 0 Å². The third kappa shape index (κ3) is 2.53. The third-order valence-corrected chi connectivity index (χ3v) is 6.29. The Morgan fingerprint density at radius 3 is 2.59 bits per heavy atom. The van der Waals surface area contributed by atoms with E-state index in [2.05, 4.69) is 85.2 Å². The van der Waals surface area contributed by atoms with Gasteiger partial charge in [0.2, 0.25) is 0 Å². The maximum absolute atomic E-state index is 3.77. The standard InChI is InChI=1S/C25H19NS/c1-3-5-8-16(4-2)17-11-12-22-19(13-17)20-15-25-21(14-23(20)26-22)18-9-6-7-10-24(18)27-25/h3-15,26H,1H2,2H3/b8-5-,16-4+. The van der Waals surface area contributed by atoms with Gasteiger partial charge in [-0.25, -0.2) is 0 Å². The average molecular weight is 366 g/mol. The summed E-state index contributed by atoms with van der Waals surface area (Å²) in [6.45, 7) is 5.84. The van der Waals surface area contributed by atoms with Crippen LogP contribution in [0.1, 0.15) is 12.5 Å². The first kappa shape index (κ1) is 16.1. The van der Waals surface area contributed by atoms with Crippen molar-refractivity contribution in [2.45, 2.75) is 6.92 Å². The van der Waals surface area contributed by atoms with E-state index < -0.39 is 0 Å². The van der Waals surface area contributed by atoms with Crippen molar-refractivity contribution in [2.75, 3.05) is 0 Å². The Morgan fingerprint density at radius 1 is 0.889 bits per heavy atom. The van der Waals surface area contributed by atoms with Gasteiger partial charge in [-0.05, 0) is 48.4 Å². The smallest absolute Gasteiger partial charge is 0.0472 e. The van der Waals surface area contributed by atoms with Gasteiger partial charge in [0.1, 0.15) is 0 Å². The number of nitrogens with one attached hydrogen (secondary N) is 1. The van der Waals surface area contributed by atoms with Crippen LogP contribution in [0.4, 0.5) is 0 Å². The predicted molar refractivity (Wildman–Crippen MR) is 122 cm³/mol. The zero-order valence-electron chi connectivity index (χ0n) is 15.1. The number of hydrogen-bond donors (Lipinski definition) is 1. The van der Waals surface area contributed by atoms with Crippen molar-refractivity contribution in [3.05, 3.63) is 91.0 Å². The first-order valence-corrected chi connectivity index (χ1v) is 9.92. The van der Waals surface area contributed by atoms with Gasteiger partial charge >= 0.3 is 0 Å². The van der Waals surface area contributed by atoms with Gasteiger partial charge in [-0.3, -0.25) is 0 Å². The largest absolute Gasteiger partial charge is 0.354 e. The van der Waals surface area contributed by atoms with E-state index in [-0.39, 0.29) is 0 Å². The molecule has 0 unspecified atom stereocenters. The molecule has 2 heterocycles. The van der Waals surface area contributed by atoms with Crippen molar-refractivity contribution < 1.29 is 0 Å². The van der Waals surface area contributed by atoms with Crippen molar-refractivity contribution >= 4 is 58.9 Å². The van der Waals surface area contributed by atoms with Gasteiger partial charge in [-0.15, -0.1) is 11.3 Å². The van der Waals surface area contributed by atoms with Crippen LogP contribution in [0.3, 0.4) is 0 Å². The number of H-pyrrole nitrogens is 1. The molecule has 0 saturated carbocycles. The number of aromatic amines is 1. The summed E-state index contributed by atoms with van der Waals surface area (Å²) >= 11 is 1.87. The van der Waals surface area contributed by atoms with Crippen molar-refractivity contribution in [3.8, 4) is 0 Å². The SMILES string of the molecule is C=C/C=C\C(=C/C)c1ccc2[nH]c3cc4c(cc3c2c1)sc1ccccc14. The lowest BCUT2D eigenvalue weighted by Gasteiger charge is -2.02. The monoisotopic (exact) mass is 365 g/mol. The zero-order chi connectivity index (χ0) is 18.4. The Bertz CT molecular complexity index is 1390. The second-order valence-electron chi connectivity index (χ2n) is 6.72. The molecule has 0 bridgehead atoms. The van der Waals surface area contributed by atoms with Gasteiger partial charge in [-0.1, -0.05) is 55.1 Å². The van der Waals surface area contributed by atoms with E-state index in [1.165, 1.54) is 53.1 Å². The van der Waals surface area contributed by atoms with Gasteiger partial charge in [0.05, 0.1) is 0 Å². The summed E-state index contributed by atoms with van der Waals surface area (Å²) in [5.41, 5.74) is 4.80. The Kier molecular flexibility index (Phi) is 3.73. The van der Waals surface area contributed by atoms with E-state index in [0.717, 1.165) is 0 Å². The van der Waals surface area contributed by atoms with Crippen molar-refractivity contribution in [3.63, 3.8) is 0 Å². The van der Waals surface area contributed by atoms with Crippen LogP contribution in [0.25, 0.3) is 47.6 Å². The molecule has 130 valence electrons. The molecule has 2 aromatic heterocycles. The molecule has 27 heavy (non-hydrogen) atoms. The Morgan fingerprint density at radius 2 is 1.74 bits per heavy atom. The topological polar surface area (TPSA) is 15.8 Å². The van der Waals surface area contributed by atoms with Gasteiger partial charge in [-0.2, -0.15) is 0 Å². The van der Waals surface area contributed by atoms with Crippen molar-refractivity contribution in [1.29, 1.82) is 0 Å². The van der Waals surface area contributed by atoms with Gasteiger partial charge in [0.15, 0.2) is 0 Å². The van der Waals surface area contributed by atoms with E-state index in [1.54, 1.807) is 0 Å². The third-order valence-electron chi connectivity index (χ3n) is 5.15. The second kappa shape index (κ2) is 6.26. The summed E-state index contributed by atoms with van der Waals surface area (Å²) in [5, 5.41) is 5.23. The summed E-state index contributed by atoms with van der Waals surface area (Å²) < 4.78 is 2.68. The molecule has 0 aliphatic heterocycles. The van der Waals surface area contributed by atoms with Gasteiger partial charge in [0.25, 0.3) is 0 Å². The van der Waals surface area contributed by atoms with Gasteiger partial charge in [0, 0.05) is 42.0 Å². The fraction of sp³-hybridized carbons (Fsp3) is 0.0400. The normalized spacial score (nSPS) is 12.9. The summed E-state index contributed by atoms with van der Waals surface area (Å²) in [4.78, 5) is 3.60. The Hall–Kier alpha value is -3.10. The highest BCUT2D eigenvalue weighted by molar-refractivity contribution is 7.25. The van der Waals surface area contributed by atoms with E-state index in [9.17, 15) is 0 Å². The van der Waals surface area contributed by atoms with E-state index >= 15 is 0 Å². The molecule has 5 rings (SSSR count). The Balaban J connectivity index is 1.78.